The summed E-state index contributed by atoms with van der Waals surface area (Å²) >= 11 is 0. The molecule has 8 heteroatoms. The van der Waals surface area contributed by atoms with Crippen LogP contribution in [-0.2, 0) is 16.1 Å². The SMILES string of the molecule is O=C(O)COc1cccc(CNC(=O)CNC(=O)NC2CCCCC2)c1. The topological polar surface area (TPSA) is 117 Å². The molecule has 1 saturated carbocycles. The lowest BCUT2D eigenvalue weighted by molar-refractivity contribution is -0.139. The van der Waals surface area contributed by atoms with Gasteiger partial charge in [-0.25, -0.2) is 9.59 Å². The first kappa shape index (κ1) is 19.6. The first-order valence-corrected chi connectivity index (χ1v) is 8.77. The Labute approximate surface area is 152 Å². The van der Waals surface area contributed by atoms with E-state index in [1.54, 1.807) is 24.3 Å². The fourth-order valence-electron chi connectivity index (χ4n) is 2.80. The van der Waals surface area contributed by atoms with Crippen LogP contribution in [0.5, 0.6) is 5.75 Å². The van der Waals surface area contributed by atoms with E-state index in [1.165, 1.54) is 6.42 Å². The second-order valence-corrected chi connectivity index (χ2v) is 6.27. The third-order valence-electron chi connectivity index (χ3n) is 4.10. The molecule has 0 atom stereocenters. The molecule has 4 N–H and O–H groups in total. The third kappa shape index (κ3) is 7.42. The molecule has 2 rings (SSSR count). The first-order valence-electron chi connectivity index (χ1n) is 8.77. The highest BCUT2D eigenvalue weighted by Gasteiger charge is 2.15. The van der Waals surface area contributed by atoms with E-state index in [4.69, 9.17) is 9.84 Å². The van der Waals surface area contributed by atoms with Gasteiger partial charge in [0, 0.05) is 12.6 Å². The maximum atomic E-state index is 11.9. The van der Waals surface area contributed by atoms with Crippen LogP contribution >= 0.6 is 0 Å². The molecule has 1 aliphatic carbocycles. The molecule has 0 unspecified atom stereocenters. The van der Waals surface area contributed by atoms with Crippen LogP contribution in [0.25, 0.3) is 0 Å². The fraction of sp³-hybridized carbons (Fsp3) is 0.500. The summed E-state index contributed by atoms with van der Waals surface area (Å²) in [7, 11) is 0. The van der Waals surface area contributed by atoms with Crippen molar-refractivity contribution in [3.05, 3.63) is 29.8 Å². The van der Waals surface area contributed by atoms with Crippen molar-refractivity contribution in [3.63, 3.8) is 0 Å². The van der Waals surface area contributed by atoms with Crippen LogP contribution in [0, 0.1) is 0 Å². The van der Waals surface area contributed by atoms with E-state index in [9.17, 15) is 14.4 Å². The fourth-order valence-corrected chi connectivity index (χ4v) is 2.80. The quantitative estimate of drug-likeness (QED) is 0.557. The molecule has 8 nitrogen and oxygen atoms in total. The molecule has 1 fully saturated rings. The second kappa shape index (κ2) is 10.3. The minimum absolute atomic E-state index is 0.103. The van der Waals surface area contributed by atoms with Gasteiger partial charge >= 0.3 is 12.0 Å². The van der Waals surface area contributed by atoms with E-state index in [1.807, 2.05) is 0 Å². The number of urea groups is 1. The van der Waals surface area contributed by atoms with Gasteiger partial charge in [0.25, 0.3) is 0 Å². The van der Waals surface area contributed by atoms with Crippen molar-refractivity contribution in [2.75, 3.05) is 13.2 Å². The van der Waals surface area contributed by atoms with Crippen molar-refractivity contribution >= 4 is 17.9 Å². The van der Waals surface area contributed by atoms with Crippen molar-refractivity contribution in [3.8, 4) is 5.75 Å². The number of carbonyl (C=O) groups is 3. The Morgan fingerprint density at radius 2 is 1.88 bits per heavy atom. The summed E-state index contributed by atoms with van der Waals surface area (Å²) < 4.78 is 5.09. The zero-order valence-electron chi connectivity index (χ0n) is 14.6. The number of carboxylic acid groups (broad SMARTS) is 1. The number of ether oxygens (including phenoxy) is 1. The molecule has 1 aromatic carbocycles. The van der Waals surface area contributed by atoms with Gasteiger partial charge in [-0.2, -0.15) is 0 Å². The van der Waals surface area contributed by atoms with Crippen LogP contribution in [0.3, 0.4) is 0 Å². The van der Waals surface area contributed by atoms with Gasteiger partial charge in [-0.15, -0.1) is 0 Å². The lowest BCUT2D eigenvalue weighted by Crippen LogP contribution is -2.46. The number of nitrogens with one attached hydrogen (secondary N) is 3. The van der Waals surface area contributed by atoms with Gasteiger partial charge in [-0.1, -0.05) is 31.4 Å². The molecule has 26 heavy (non-hydrogen) atoms. The molecule has 0 spiro atoms. The third-order valence-corrected chi connectivity index (χ3v) is 4.10. The van der Waals surface area contributed by atoms with Crippen LogP contribution in [0.1, 0.15) is 37.7 Å². The van der Waals surface area contributed by atoms with Crippen molar-refractivity contribution in [1.82, 2.24) is 16.0 Å². The van der Waals surface area contributed by atoms with Crippen LogP contribution < -0.4 is 20.7 Å². The Bertz CT molecular complexity index is 629. The summed E-state index contributed by atoms with van der Waals surface area (Å²) in [6.45, 7) is -0.265. The predicted octanol–water partition coefficient (Wildman–Crippen LogP) is 1.40. The minimum atomic E-state index is -1.05. The number of aliphatic carboxylic acids is 1. The predicted molar refractivity (Wildman–Crippen MR) is 94.8 cm³/mol. The normalized spacial score (nSPS) is 14.3. The molecule has 3 amide bonds. The molecule has 0 bridgehead atoms. The maximum Gasteiger partial charge on any atom is 0.341 e. The summed E-state index contributed by atoms with van der Waals surface area (Å²) in [6.07, 6.45) is 5.44. The van der Waals surface area contributed by atoms with Gasteiger partial charge in [0.15, 0.2) is 6.61 Å². The Morgan fingerprint density at radius 3 is 2.62 bits per heavy atom. The van der Waals surface area contributed by atoms with E-state index in [0.717, 1.165) is 31.2 Å². The highest BCUT2D eigenvalue weighted by atomic mass is 16.5. The van der Waals surface area contributed by atoms with E-state index in [-0.39, 0.29) is 31.1 Å². The smallest absolute Gasteiger partial charge is 0.341 e. The molecule has 0 heterocycles. The Morgan fingerprint density at radius 1 is 1.12 bits per heavy atom. The number of rotatable bonds is 8. The molecule has 1 aliphatic rings. The number of carboxylic acids is 1. The van der Waals surface area contributed by atoms with E-state index >= 15 is 0 Å². The monoisotopic (exact) mass is 363 g/mol. The Kier molecular flexibility index (Phi) is 7.73. The average molecular weight is 363 g/mol. The number of carbonyl (C=O) groups excluding carboxylic acids is 2. The maximum absolute atomic E-state index is 11.9. The highest BCUT2D eigenvalue weighted by Crippen LogP contribution is 2.17. The standard InChI is InChI=1S/C18H25N3O5/c22-16(11-20-18(25)21-14-6-2-1-3-7-14)19-10-13-5-4-8-15(9-13)26-12-17(23)24/h4-5,8-9,14H,1-3,6-7,10-12H2,(H,19,22)(H,23,24)(H2,20,21,25). The van der Waals surface area contributed by atoms with E-state index in [0.29, 0.717) is 5.75 Å². The largest absolute Gasteiger partial charge is 0.482 e. The molecule has 1 aromatic rings. The lowest BCUT2D eigenvalue weighted by atomic mass is 9.96. The van der Waals surface area contributed by atoms with Gasteiger partial charge in [0.2, 0.25) is 5.91 Å². The van der Waals surface area contributed by atoms with Crippen molar-refractivity contribution in [2.24, 2.45) is 0 Å². The average Bonchev–Trinajstić information content (AvgIpc) is 2.64. The summed E-state index contributed by atoms with van der Waals surface area (Å²) in [5.74, 6) is -0.939. The Hall–Kier alpha value is -2.77. The van der Waals surface area contributed by atoms with Crippen LogP contribution in [-0.4, -0.2) is 42.2 Å². The van der Waals surface area contributed by atoms with Crippen molar-refractivity contribution < 1.29 is 24.2 Å². The molecular weight excluding hydrogens is 338 g/mol. The van der Waals surface area contributed by atoms with Gasteiger partial charge in [0.05, 0.1) is 6.54 Å². The summed E-state index contributed by atoms with van der Waals surface area (Å²) in [4.78, 5) is 34.1. The Balaban J connectivity index is 1.67. The zero-order chi connectivity index (χ0) is 18.8. The van der Waals surface area contributed by atoms with Gasteiger partial charge in [0.1, 0.15) is 5.75 Å². The molecule has 0 radical (unpaired) electrons. The molecule has 0 aliphatic heterocycles. The minimum Gasteiger partial charge on any atom is -0.482 e. The molecule has 0 saturated heterocycles. The second-order valence-electron chi connectivity index (χ2n) is 6.27. The van der Waals surface area contributed by atoms with Crippen molar-refractivity contribution in [2.45, 2.75) is 44.7 Å². The summed E-state index contributed by atoms with van der Waals surface area (Å²) in [6, 6.07) is 6.68. The van der Waals surface area contributed by atoms with Crippen LogP contribution in [0.15, 0.2) is 24.3 Å². The molecule has 142 valence electrons. The van der Waals surface area contributed by atoms with E-state index in [2.05, 4.69) is 16.0 Å². The first-order chi connectivity index (χ1) is 12.5. The summed E-state index contributed by atoms with van der Waals surface area (Å²) in [5.41, 5.74) is 0.771. The van der Waals surface area contributed by atoms with Gasteiger partial charge in [-0.3, -0.25) is 4.79 Å². The highest BCUT2D eigenvalue weighted by molar-refractivity contribution is 5.83. The summed E-state index contributed by atoms with van der Waals surface area (Å²) in [5, 5.41) is 16.7. The number of amides is 3. The molecular formula is C18H25N3O5. The van der Waals surface area contributed by atoms with Crippen LogP contribution in [0.2, 0.25) is 0 Å². The number of hydrogen-bond acceptors (Lipinski definition) is 4. The van der Waals surface area contributed by atoms with Crippen molar-refractivity contribution in [1.29, 1.82) is 0 Å². The van der Waals surface area contributed by atoms with Crippen LogP contribution in [0.4, 0.5) is 4.79 Å². The number of hydrogen-bond donors (Lipinski definition) is 4. The molecule has 0 aromatic heterocycles. The lowest BCUT2D eigenvalue weighted by Gasteiger charge is -2.22. The van der Waals surface area contributed by atoms with Gasteiger partial charge < -0.3 is 25.8 Å². The van der Waals surface area contributed by atoms with E-state index < -0.39 is 12.6 Å². The van der Waals surface area contributed by atoms with Gasteiger partial charge in [-0.05, 0) is 30.5 Å². The number of benzene rings is 1. The zero-order valence-corrected chi connectivity index (χ0v) is 14.6.